The normalized spacial score (nSPS) is 10.7. The van der Waals surface area contributed by atoms with Gasteiger partial charge < -0.3 is 15.2 Å². The van der Waals surface area contributed by atoms with Gasteiger partial charge in [0.05, 0.1) is 12.2 Å². The van der Waals surface area contributed by atoms with Crippen molar-refractivity contribution in [1.29, 1.82) is 0 Å². The Morgan fingerprint density at radius 1 is 1.03 bits per heavy atom. The molecule has 30 heavy (non-hydrogen) atoms. The van der Waals surface area contributed by atoms with Crippen LogP contribution in [0.3, 0.4) is 0 Å². The van der Waals surface area contributed by atoms with Gasteiger partial charge in [-0.15, -0.1) is 10.2 Å². The number of aromatic nitrogens is 3. The quantitative estimate of drug-likeness (QED) is 0.564. The lowest BCUT2D eigenvalue weighted by Crippen LogP contribution is -2.17. The molecule has 0 saturated carbocycles. The fourth-order valence-electron chi connectivity index (χ4n) is 2.78. The van der Waals surface area contributed by atoms with Crippen LogP contribution in [0.2, 0.25) is 0 Å². The molecular formula is C21H22FN5O2S. The number of rotatable bonds is 7. The zero-order valence-electron chi connectivity index (χ0n) is 16.9. The van der Waals surface area contributed by atoms with Crippen molar-refractivity contribution >= 4 is 35.0 Å². The van der Waals surface area contributed by atoms with Crippen molar-refractivity contribution in [2.75, 3.05) is 16.4 Å². The van der Waals surface area contributed by atoms with Crippen molar-refractivity contribution in [3.63, 3.8) is 0 Å². The van der Waals surface area contributed by atoms with Gasteiger partial charge in [-0.05, 0) is 49.7 Å². The molecule has 2 N–H and O–H groups in total. The minimum Gasteiger partial charge on any atom is -0.326 e. The van der Waals surface area contributed by atoms with Crippen LogP contribution in [0.5, 0.6) is 0 Å². The second-order valence-corrected chi connectivity index (χ2v) is 7.79. The molecule has 1 heterocycles. The SMILES string of the molecule is Cc1ccc(NC(=O)CSc2nnc(CC(=O)Nc3ccc(F)cc3)n2C)c(C)c1. The number of carbonyl (C=O) groups is 2. The highest BCUT2D eigenvalue weighted by atomic mass is 32.2. The molecule has 9 heteroatoms. The molecule has 1 aromatic heterocycles. The van der Waals surface area contributed by atoms with Crippen LogP contribution in [0.25, 0.3) is 0 Å². The van der Waals surface area contributed by atoms with Crippen LogP contribution in [0, 0.1) is 19.7 Å². The third-order valence-electron chi connectivity index (χ3n) is 4.36. The van der Waals surface area contributed by atoms with E-state index in [1.54, 1.807) is 11.6 Å². The van der Waals surface area contributed by atoms with Crippen LogP contribution in [0.15, 0.2) is 47.6 Å². The molecular weight excluding hydrogens is 405 g/mol. The summed E-state index contributed by atoms with van der Waals surface area (Å²) in [6, 6.07) is 11.4. The predicted molar refractivity (Wildman–Crippen MR) is 115 cm³/mol. The van der Waals surface area contributed by atoms with Gasteiger partial charge in [-0.2, -0.15) is 0 Å². The number of benzene rings is 2. The summed E-state index contributed by atoms with van der Waals surface area (Å²) in [7, 11) is 1.74. The molecule has 0 aliphatic carbocycles. The summed E-state index contributed by atoms with van der Waals surface area (Å²) in [6.45, 7) is 3.95. The van der Waals surface area contributed by atoms with Crippen LogP contribution < -0.4 is 10.6 Å². The molecule has 0 atom stereocenters. The van der Waals surface area contributed by atoms with E-state index in [0.717, 1.165) is 16.8 Å². The van der Waals surface area contributed by atoms with Crippen molar-refractivity contribution in [2.24, 2.45) is 7.05 Å². The van der Waals surface area contributed by atoms with Crippen LogP contribution >= 0.6 is 11.8 Å². The lowest BCUT2D eigenvalue weighted by Gasteiger charge is -2.09. The molecule has 0 radical (unpaired) electrons. The molecule has 3 aromatic rings. The molecule has 3 rings (SSSR count). The van der Waals surface area contributed by atoms with E-state index in [4.69, 9.17) is 0 Å². The number of carbonyl (C=O) groups excluding carboxylic acids is 2. The highest BCUT2D eigenvalue weighted by Crippen LogP contribution is 2.19. The number of hydrogen-bond acceptors (Lipinski definition) is 5. The van der Waals surface area contributed by atoms with Crippen molar-refractivity contribution < 1.29 is 14.0 Å². The molecule has 0 aliphatic rings. The standard InChI is InChI=1S/C21H22FN5O2S/c1-13-4-9-17(14(2)10-13)24-20(29)12-30-21-26-25-18(27(21)3)11-19(28)23-16-7-5-15(22)6-8-16/h4-10H,11-12H2,1-3H3,(H,23,28)(H,24,29). The van der Waals surface area contributed by atoms with Crippen molar-refractivity contribution in [2.45, 2.75) is 25.4 Å². The number of nitrogens with zero attached hydrogens (tertiary/aromatic N) is 3. The molecule has 0 bridgehead atoms. The Balaban J connectivity index is 1.53. The maximum absolute atomic E-state index is 12.9. The zero-order chi connectivity index (χ0) is 21.7. The summed E-state index contributed by atoms with van der Waals surface area (Å²) in [6.07, 6.45) is 0.0101. The average molecular weight is 428 g/mol. The first-order chi connectivity index (χ1) is 14.3. The molecule has 2 amide bonds. The Bertz CT molecular complexity index is 1070. The first kappa shape index (κ1) is 21.5. The summed E-state index contributed by atoms with van der Waals surface area (Å²) in [5.41, 5.74) is 3.42. The summed E-state index contributed by atoms with van der Waals surface area (Å²) in [5, 5.41) is 14.2. The largest absolute Gasteiger partial charge is 0.326 e. The monoisotopic (exact) mass is 427 g/mol. The maximum atomic E-state index is 12.9. The van der Waals surface area contributed by atoms with Gasteiger partial charge in [-0.1, -0.05) is 29.5 Å². The van der Waals surface area contributed by atoms with E-state index in [2.05, 4.69) is 20.8 Å². The lowest BCUT2D eigenvalue weighted by atomic mass is 10.1. The predicted octanol–water partition coefficient (Wildman–Crippen LogP) is 3.48. The van der Waals surface area contributed by atoms with Crippen molar-refractivity contribution in [3.05, 3.63) is 65.2 Å². The molecule has 0 unspecified atom stereocenters. The second-order valence-electron chi connectivity index (χ2n) is 6.84. The molecule has 0 fully saturated rings. The highest BCUT2D eigenvalue weighted by molar-refractivity contribution is 7.99. The Labute approximate surface area is 178 Å². The van der Waals surface area contributed by atoms with Gasteiger partial charge in [0.15, 0.2) is 5.16 Å². The fourth-order valence-corrected chi connectivity index (χ4v) is 3.51. The Morgan fingerprint density at radius 2 is 1.77 bits per heavy atom. The number of halogens is 1. The zero-order valence-corrected chi connectivity index (χ0v) is 17.7. The second kappa shape index (κ2) is 9.53. The lowest BCUT2D eigenvalue weighted by molar-refractivity contribution is -0.116. The summed E-state index contributed by atoms with van der Waals surface area (Å²) >= 11 is 1.24. The van der Waals surface area contributed by atoms with E-state index >= 15 is 0 Å². The van der Waals surface area contributed by atoms with Crippen LogP contribution in [0.4, 0.5) is 15.8 Å². The molecule has 0 aliphatic heterocycles. The van der Waals surface area contributed by atoms with E-state index in [0.29, 0.717) is 16.7 Å². The third-order valence-corrected chi connectivity index (χ3v) is 5.38. The summed E-state index contributed by atoms with van der Waals surface area (Å²) in [4.78, 5) is 24.5. The van der Waals surface area contributed by atoms with Crippen LogP contribution in [-0.4, -0.2) is 32.3 Å². The van der Waals surface area contributed by atoms with E-state index in [-0.39, 0.29) is 29.8 Å². The van der Waals surface area contributed by atoms with E-state index in [1.165, 1.54) is 36.0 Å². The first-order valence-electron chi connectivity index (χ1n) is 9.25. The van der Waals surface area contributed by atoms with Gasteiger partial charge in [0.25, 0.3) is 0 Å². The summed E-state index contributed by atoms with van der Waals surface area (Å²) < 4.78 is 14.6. The number of hydrogen-bond donors (Lipinski definition) is 2. The number of aryl methyl sites for hydroxylation is 2. The smallest absolute Gasteiger partial charge is 0.234 e. The maximum Gasteiger partial charge on any atom is 0.234 e. The van der Waals surface area contributed by atoms with E-state index < -0.39 is 0 Å². The fraction of sp³-hybridized carbons (Fsp3) is 0.238. The number of thioether (sulfide) groups is 1. The van der Waals surface area contributed by atoms with Gasteiger partial charge in [-0.25, -0.2) is 4.39 Å². The van der Waals surface area contributed by atoms with Gasteiger partial charge >= 0.3 is 0 Å². The number of anilines is 2. The molecule has 0 spiro atoms. The van der Waals surface area contributed by atoms with Gasteiger partial charge in [-0.3, -0.25) is 9.59 Å². The molecule has 0 saturated heterocycles. The van der Waals surface area contributed by atoms with Crippen LogP contribution in [-0.2, 0) is 23.1 Å². The topological polar surface area (TPSA) is 88.9 Å². The van der Waals surface area contributed by atoms with Gasteiger partial charge in [0, 0.05) is 18.4 Å². The van der Waals surface area contributed by atoms with Crippen molar-refractivity contribution in [3.8, 4) is 0 Å². The Hall–Kier alpha value is -3.20. The van der Waals surface area contributed by atoms with Gasteiger partial charge in [0.2, 0.25) is 11.8 Å². The minimum atomic E-state index is -0.371. The van der Waals surface area contributed by atoms with E-state index in [1.807, 2.05) is 32.0 Å². The molecule has 2 aromatic carbocycles. The Morgan fingerprint density at radius 3 is 2.47 bits per heavy atom. The minimum absolute atomic E-state index is 0.0101. The Kier molecular flexibility index (Phi) is 6.83. The van der Waals surface area contributed by atoms with Crippen molar-refractivity contribution in [1.82, 2.24) is 14.8 Å². The highest BCUT2D eigenvalue weighted by Gasteiger charge is 2.15. The molecule has 156 valence electrons. The number of amides is 2. The first-order valence-corrected chi connectivity index (χ1v) is 10.2. The number of nitrogens with one attached hydrogen (secondary N) is 2. The van der Waals surface area contributed by atoms with E-state index in [9.17, 15) is 14.0 Å². The van der Waals surface area contributed by atoms with Gasteiger partial charge in [0.1, 0.15) is 11.6 Å². The average Bonchev–Trinajstić information content (AvgIpc) is 3.04. The third kappa shape index (κ3) is 5.66. The van der Waals surface area contributed by atoms with Crippen LogP contribution in [0.1, 0.15) is 17.0 Å². The molecule has 7 nitrogen and oxygen atoms in total. The summed E-state index contributed by atoms with van der Waals surface area (Å²) in [5.74, 6) is -0.176.